The van der Waals surface area contributed by atoms with Crippen molar-refractivity contribution in [3.63, 3.8) is 0 Å². The number of hydrogen-bond donors (Lipinski definition) is 3. The molecule has 0 spiro atoms. The summed E-state index contributed by atoms with van der Waals surface area (Å²) in [6, 6.07) is 14.6. The topological polar surface area (TPSA) is 115 Å². The van der Waals surface area contributed by atoms with Crippen LogP contribution < -0.4 is 11.2 Å². The molecule has 0 radical (unpaired) electrons. The number of benzene rings is 2. The zero-order valence-corrected chi connectivity index (χ0v) is 20.7. The molecule has 0 saturated carbocycles. The Morgan fingerprint density at radius 1 is 0.971 bits per heavy atom. The third-order valence-corrected chi connectivity index (χ3v) is 5.52. The first-order valence-corrected chi connectivity index (χ1v) is 11.7. The number of carbonyl (C=O) groups excluding carboxylic acids is 2. The van der Waals surface area contributed by atoms with Gasteiger partial charge in [-0.05, 0) is 42.5 Å². The highest BCUT2D eigenvalue weighted by molar-refractivity contribution is 6.31. The Balaban J connectivity index is 2.53. The van der Waals surface area contributed by atoms with Crippen LogP contribution in [0.5, 0.6) is 0 Å². The second kappa shape index (κ2) is 13.3. The van der Waals surface area contributed by atoms with Gasteiger partial charge in [-0.1, -0.05) is 67.9 Å². The van der Waals surface area contributed by atoms with E-state index in [0.29, 0.717) is 23.7 Å². The molecule has 0 fully saturated rings. The summed E-state index contributed by atoms with van der Waals surface area (Å²) < 4.78 is 0. The first kappa shape index (κ1) is 26.9. The van der Waals surface area contributed by atoms with E-state index in [9.17, 15) is 9.59 Å². The highest BCUT2D eigenvalue weighted by Crippen LogP contribution is 2.18. The molecule has 34 heavy (non-hydrogen) atoms. The van der Waals surface area contributed by atoms with E-state index >= 15 is 0 Å². The van der Waals surface area contributed by atoms with Crippen molar-refractivity contribution >= 4 is 35.3 Å². The minimum atomic E-state index is -0.465. The summed E-state index contributed by atoms with van der Waals surface area (Å²) in [4.78, 5) is 30.2. The second-order valence-corrected chi connectivity index (χ2v) is 8.33. The zero-order chi connectivity index (χ0) is 25.1. The van der Waals surface area contributed by atoms with Crippen molar-refractivity contribution < 1.29 is 9.59 Å². The molecule has 0 atom stereocenters. The fraction of sp³-hybridized carbons (Fsp3) is 0.360. The Labute approximate surface area is 206 Å². The molecular weight excluding hydrogens is 452 g/mol. The van der Waals surface area contributed by atoms with Gasteiger partial charge in [0.2, 0.25) is 23.7 Å². The first-order valence-electron chi connectivity index (χ1n) is 11.3. The molecule has 2 aromatic rings. The molecule has 8 nitrogen and oxygen atoms in total. The number of guanidine groups is 2. The summed E-state index contributed by atoms with van der Waals surface area (Å²) in [6.45, 7) is 7.07. The van der Waals surface area contributed by atoms with Crippen molar-refractivity contribution in [2.24, 2.45) is 10.8 Å². The van der Waals surface area contributed by atoms with E-state index in [1.54, 1.807) is 24.3 Å². The number of hydrazone groups is 1. The maximum absolute atomic E-state index is 13.6. The van der Waals surface area contributed by atoms with Crippen LogP contribution in [0.15, 0.2) is 53.6 Å². The zero-order valence-electron chi connectivity index (χ0n) is 20.0. The summed E-state index contributed by atoms with van der Waals surface area (Å²) in [6.07, 6.45) is 1.49. The number of hydrogen-bond acceptors (Lipinski definition) is 4. The van der Waals surface area contributed by atoms with Gasteiger partial charge in [0.05, 0.1) is 12.8 Å². The van der Waals surface area contributed by atoms with Gasteiger partial charge in [-0.15, -0.1) is 5.10 Å². The molecule has 0 heterocycles. The molecule has 4 N–H and O–H groups in total. The van der Waals surface area contributed by atoms with Crippen LogP contribution in [-0.2, 0) is 22.4 Å². The predicted octanol–water partition coefficient (Wildman–Crippen LogP) is 3.66. The number of imide groups is 1. The molecule has 2 rings (SSSR count). The average Bonchev–Trinajstić information content (AvgIpc) is 2.79. The van der Waals surface area contributed by atoms with Gasteiger partial charge in [0, 0.05) is 18.1 Å². The number of nitrogens with zero attached hydrogens (tertiary/aromatic N) is 3. The van der Waals surface area contributed by atoms with Crippen LogP contribution >= 0.6 is 11.6 Å². The molecule has 182 valence electrons. The molecule has 0 aromatic heterocycles. The van der Waals surface area contributed by atoms with Crippen molar-refractivity contribution in [3.05, 3.63) is 70.2 Å². The number of aryl methyl sites for hydroxylation is 1. The molecule has 0 saturated heterocycles. The Kier molecular flexibility index (Phi) is 10.5. The lowest BCUT2D eigenvalue weighted by atomic mass is 10.0. The molecule has 0 aliphatic rings. The van der Waals surface area contributed by atoms with Gasteiger partial charge in [0.25, 0.3) is 0 Å². The average molecular weight is 485 g/mol. The van der Waals surface area contributed by atoms with Crippen LogP contribution in [-0.4, -0.2) is 46.6 Å². The largest absolute Gasteiger partial charge is 0.369 e. The molecule has 9 heteroatoms. The molecule has 0 aliphatic heterocycles. The van der Waals surface area contributed by atoms with Crippen molar-refractivity contribution in [3.8, 4) is 0 Å². The first-order chi connectivity index (χ1) is 16.3. The van der Waals surface area contributed by atoms with E-state index in [2.05, 4.69) is 10.5 Å². The second-order valence-electron chi connectivity index (χ2n) is 7.92. The molecule has 0 bridgehead atoms. The van der Waals surface area contributed by atoms with Crippen molar-refractivity contribution in [2.45, 2.75) is 46.5 Å². The maximum Gasteiger partial charge on any atom is 0.240 e. The minimum absolute atomic E-state index is 0.0200. The Morgan fingerprint density at radius 2 is 1.50 bits per heavy atom. The van der Waals surface area contributed by atoms with Gasteiger partial charge in [-0.3, -0.25) is 15.0 Å². The fourth-order valence-corrected chi connectivity index (χ4v) is 3.72. The normalized spacial score (nSPS) is 11.1. The highest BCUT2D eigenvalue weighted by Gasteiger charge is 2.31. The van der Waals surface area contributed by atoms with Crippen molar-refractivity contribution in [2.75, 3.05) is 13.1 Å². The number of rotatable bonds is 9. The third kappa shape index (κ3) is 7.59. The molecule has 2 amide bonds. The lowest BCUT2D eigenvalue weighted by Gasteiger charge is -2.32. The van der Waals surface area contributed by atoms with E-state index in [1.807, 2.05) is 49.9 Å². The van der Waals surface area contributed by atoms with Gasteiger partial charge >= 0.3 is 0 Å². The van der Waals surface area contributed by atoms with E-state index < -0.39 is 17.8 Å². The van der Waals surface area contributed by atoms with Crippen LogP contribution in [0, 0.1) is 12.3 Å². The SMILES string of the molecule is CCCN(CCC)C(=NNC(=N)N)N(C(=O)Cc1ccccc1C)C(=O)Cc1ccccc1Cl. The quantitative estimate of drug-likeness (QED) is 0.285. The van der Waals surface area contributed by atoms with Gasteiger partial charge in [-0.2, -0.15) is 0 Å². The number of halogens is 1. The maximum atomic E-state index is 13.6. The van der Waals surface area contributed by atoms with Crippen LogP contribution in [0.3, 0.4) is 0 Å². The Hall–Kier alpha value is -3.39. The molecule has 0 aliphatic carbocycles. The summed E-state index contributed by atoms with van der Waals surface area (Å²) in [5.74, 6) is -1.16. The summed E-state index contributed by atoms with van der Waals surface area (Å²) in [7, 11) is 0. The minimum Gasteiger partial charge on any atom is -0.369 e. The summed E-state index contributed by atoms with van der Waals surface area (Å²) in [5, 5.41) is 12.2. The number of nitrogens with one attached hydrogen (secondary N) is 2. The van der Waals surface area contributed by atoms with Crippen LogP contribution in [0.25, 0.3) is 0 Å². The van der Waals surface area contributed by atoms with E-state index in [0.717, 1.165) is 28.9 Å². The monoisotopic (exact) mass is 484 g/mol. The number of nitrogens with two attached hydrogens (primary N) is 1. The molecule has 0 unspecified atom stereocenters. The van der Waals surface area contributed by atoms with E-state index in [-0.39, 0.29) is 18.8 Å². The predicted molar refractivity (Wildman–Crippen MR) is 137 cm³/mol. The smallest absolute Gasteiger partial charge is 0.240 e. The highest BCUT2D eigenvalue weighted by atomic mass is 35.5. The Bertz CT molecular complexity index is 974. The van der Waals surface area contributed by atoms with Gasteiger partial charge in [-0.25, -0.2) is 10.3 Å². The van der Waals surface area contributed by atoms with Crippen LogP contribution in [0.1, 0.15) is 43.4 Å². The summed E-state index contributed by atoms with van der Waals surface area (Å²) >= 11 is 6.29. The number of amides is 2. The van der Waals surface area contributed by atoms with E-state index in [1.165, 1.54) is 0 Å². The van der Waals surface area contributed by atoms with Crippen LogP contribution in [0.2, 0.25) is 5.02 Å². The fourth-order valence-electron chi connectivity index (χ4n) is 3.52. The van der Waals surface area contributed by atoms with Gasteiger partial charge in [0.1, 0.15) is 0 Å². The Morgan fingerprint density at radius 3 is 2.03 bits per heavy atom. The summed E-state index contributed by atoms with van der Waals surface area (Å²) in [5.41, 5.74) is 10.3. The number of carbonyl (C=O) groups is 2. The lowest BCUT2D eigenvalue weighted by molar-refractivity contribution is -0.139. The van der Waals surface area contributed by atoms with Crippen LogP contribution in [0.4, 0.5) is 0 Å². The van der Waals surface area contributed by atoms with Crippen molar-refractivity contribution in [1.29, 1.82) is 5.41 Å². The van der Waals surface area contributed by atoms with Crippen molar-refractivity contribution in [1.82, 2.24) is 15.2 Å². The van der Waals surface area contributed by atoms with Gasteiger partial charge in [0.15, 0.2) is 0 Å². The lowest BCUT2D eigenvalue weighted by Crippen LogP contribution is -2.53. The van der Waals surface area contributed by atoms with E-state index in [4.69, 9.17) is 22.7 Å². The van der Waals surface area contributed by atoms with Gasteiger partial charge < -0.3 is 10.6 Å². The molecular formula is C25H33ClN6O2. The standard InChI is InChI=1S/C25H33ClN6O2/c1-4-14-31(15-5-2)25(30-29-24(27)28)32(22(33)16-19-11-7-6-10-18(19)3)23(34)17-20-12-8-9-13-21(20)26/h6-13H,4-5,14-17H2,1-3H3,(H4,27,28,29). The third-order valence-electron chi connectivity index (χ3n) is 5.15. The molecule has 2 aromatic carbocycles.